The number of ether oxygens (including phenoxy) is 1. The molecule has 0 saturated carbocycles. The van der Waals surface area contributed by atoms with Crippen molar-refractivity contribution in [1.29, 1.82) is 0 Å². The molecule has 0 bridgehead atoms. The second kappa shape index (κ2) is 9.45. The van der Waals surface area contributed by atoms with E-state index in [-0.39, 0.29) is 19.8 Å². The number of hydrogen-bond donors (Lipinski definition) is 2. The zero-order valence-corrected chi connectivity index (χ0v) is 19.3. The number of aliphatic hydroxyl groups excluding tert-OH is 1. The normalized spacial score (nSPS) is 15.1. The Bertz CT molecular complexity index is 1220. The fourth-order valence-corrected chi connectivity index (χ4v) is 4.45. The lowest BCUT2D eigenvalue weighted by atomic mass is 10.2. The lowest BCUT2D eigenvalue weighted by molar-refractivity contribution is 0.0592. The molecule has 2 aromatic heterocycles. The molecule has 3 heterocycles. The van der Waals surface area contributed by atoms with Crippen molar-refractivity contribution in [2.24, 2.45) is 7.05 Å². The van der Waals surface area contributed by atoms with Gasteiger partial charge in [0, 0.05) is 42.8 Å². The molecule has 1 atom stereocenters. The van der Waals surface area contributed by atoms with Crippen LogP contribution in [-0.2, 0) is 31.5 Å². The molecule has 0 amide bonds. The fraction of sp³-hybridized carbons (Fsp3) is 0.381. The van der Waals surface area contributed by atoms with Crippen molar-refractivity contribution in [3.05, 3.63) is 71.8 Å². The van der Waals surface area contributed by atoms with E-state index in [1.54, 1.807) is 41.6 Å². The molecule has 0 saturated heterocycles. The maximum Gasteiger partial charge on any atom is 0.332 e. The SMILES string of the molecule is Cc1cnc(COC2Nc3c(c(=O)n(CCCO)c(=O)n3C)N2Cc2ccc(Cl)cc2)s1. The minimum absolute atomic E-state index is 0.113. The van der Waals surface area contributed by atoms with Crippen LogP contribution in [0.4, 0.5) is 11.5 Å². The van der Waals surface area contributed by atoms with Crippen LogP contribution >= 0.6 is 22.9 Å². The molecular weight excluding hydrogens is 454 g/mol. The molecule has 11 heteroatoms. The molecule has 1 unspecified atom stereocenters. The Hall–Kier alpha value is -2.66. The third kappa shape index (κ3) is 4.44. The minimum Gasteiger partial charge on any atom is -0.396 e. The van der Waals surface area contributed by atoms with Crippen molar-refractivity contribution in [1.82, 2.24) is 14.1 Å². The summed E-state index contributed by atoms with van der Waals surface area (Å²) in [5.41, 5.74) is 0.407. The summed E-state index contributed by atoms with van der Waals surface area (Å²) in [5, 5.41) is 13.8. The van der Waals surface area contributed by atoms with Crippen molar-refractivity contribution in [2.45, 2.75) is 39.4 Å². The standard InChI is InChI=1S/C21H24ClN5O4S/c1-13-10-23-16(32-13)12-31-20-24-18-17(27(20)11-14-4-6-15(22)7-5-14)19(29)26(8-3-9-28)21(30)25(18)2/h4-7,10,20,24,28H,3,8-9,11-12H2,1-2H3. The van der Waals surface area contributed by atoms with Gasteiger partial charge in [-0.3, -0.25) is 13.9 Å². The predicted octanol–water partition coefficient (Wildman–Crippen LogP) is 2.28. The topological polar surface area (TPSA) is 102 Å². The number of thiazole rings is 1. The molecule has 9 nitrogen and oxygen atoms in total. The molecule has 4 rings (SSSR count). The summed E-state index contributed by atoms with van der Waals surface area (Å²) in [5.74, 6) is 0.398. The molecule has 1 aliphatic heterocycles. The Morgan fingerprint density at radius 2 is 2.03 bits per heavy atom. The van der Waals surface area contributed by atoms with Gasteiger partial charge in [-0.15, -0.1) is 11.3 Å². The number of aryl methyl sites for hydroxylation is 1. The Balaban J connectivity index is 1.72. The van der Waals surface area contributed by atoms with E-state index in [0.717, 1.165) is 20.0 Å². The minimum atomic E-state index is -0.670. The van der Waals surface area contributed by atoms with Gasteiger partial charge in [0.15, 0.2) is 0 Å². The van der Waals surface area contributed by atoms with Gasteiger partial charge in [0.05, 0.1) is 0 Å². The summed E-state index contributed by atoms with van der Waals surface area (Å²) >= 11 is 7.56. The van der Waals surface area contributed by atoms with Gasteiger partial charge in [0.2, 0.25) is 6.35 Å². The maximum absolute atomic E-state index is 13.3. The number of halogens is 1. The zero-order valence-electron chi connectivity index (χ0n) is 17.7. The van der Waals surface area contributed by atoms with E-state index in [0.29, 0.717) is 29.5 Å². The Morgan fingerprint density at radius 1 is 1.28 bits per heavy atom. The van der Waals surface area contributed by atoms with Gasteiger partial charge in [0.1, 0.15) is 23.1 Å². The largest absolute Gasteiger partial charge is 0.396 e. The van der Waals surface area contributed by atoms with E-state index in [1.807, 2.05) is 19.1 Å². The van der Waals surface area contributed by atoms with Gasteiger partial charge >= 0.3 is 5.69 Å². The van der Waals surface area contributed by atoms with Crippen LogP contribution in [0.25, 0.3) is 0 Å². The summed E-state index contributed by atoms with van der Waals surface area (Å²) in [4.78, 5) is 33.3. The van der Waals surface area contributed by atoms with Crippen LogP contribution < -0.4 is 21.5 Å². The van der Waals surface area contributed by atoms with Crippen molar-refractivity contribution < 1.29 is 9.84 Å². The summed E-state index contributed by atoms with van der Waals surface area (Å²) in [6.07, 6.45) is 1.42. The van der Waals surface area contributed by atoms with Crippen molar-refractivity contribution in [3.8, 4) is 0 Å². The second-order valence-corrected chi connectivity index (χ2v) is 9.26. The van der Waals surface area contributed by atoms with Crippen LogP contribution in [0.3, 0.4) is 0 Å². The molecule has 2 N–H and O–H groups in total. The van der Waals surface area contributed by atoms with Crippen molar-refractivity contribution in [2.75, 3.05) is 16.8 Å². The monoisotopic (exact) mass is 477 g/mol. The highest BCUT2D eigenvalue weighted by Gasteiger charge is 2.35. The van der Waals surface area contributed by atoms with Crippen LogP contribution in [0.5, 0.6) is 0 Å². The van der Waals surface area contributed by atoms with E-state index in [1.165, 1.54) is 4.57 Å². The first-order valence-electron chi connectivity index (χ1n) is 10.1. The zero-order chi connectivity index (χ0) is 22.8. The smallest absolute Gasteiger partial charge is 0.332 e. The summed E-state index contributed by atoms with van der Waals surface area (Å²) < 4.78 is 8.65. The highest BCUT2D eigenvalue weighted by Crippen LogP contribution is 2.32. The van der Waals surface area contributed by atoms with E-state index in [4.69, 9.17) is 16.3 Å². The van der Waals surface area contributed by atoms with Crippen LogP contribution in [-0.4, -0.2) is 32.2 Å². The number of aromatic nitrogens is 3. The molecule has 0 radical (unpaired) electrons. The third-order valence-corrected chi connectivity index (χ3v) is 6.33. The average molecular weight is 478 g/mol. The Kier molecular flexibility index (Phi) is 6.66. The quantitative estimate of drug-likeness (QED) is 0.513. The molecule has 0 fully saturated rings. The van der Waals surface area contributed by atoms with E-state index >= 15 is 0 Å². The molecule has 1 aromatic carbocycles. The molecule has 3 aromatic rings. The van der Waals surface area contributed by atoms with Gasteiger partial charge in [0.25, 0.3) is 5.56 Å². The first-order valence-corrected chi connectivity index (χ1v) is 11.3. The number of anilines is 2. The van der Waals surface area contributed by atoms with Gasteiger partial charge in [-0.05, 0) is 31.0 Å². The molecule has 170 valence electrons. The Morgan fingerprint density at radius 3 is 2.69 bits per heavy atom. The van der Waals surface area contributed by atoms with Crippen molar-refractivity contribution in [3.63, 3.8) is 0 Å². The van der Waals surface area contributed by atoms with Gasteiger partial charge in [-0.1, -0.05) is 23.7 Å². The molecule has 0 spiro atoms. The molecule has 32 heavy (non-hydrogen) atoms. The molecule has 1 aliphatic rings. The van der Waals surface area contributed by atoms with Crippen LogP contribution in [0.15, 0.2) is 40.1 Å². The first kappa shape index (κ1) is 22.5. The Labute approximate surface area is 193 Å². The number of aliphatic hydroxyl groups is 1. The maximum atomic E-state index is 13.3. The highest BCUT2D eigenvalue weighted by molar-refractivity contribution is 7.11. The first-order chi connectivity index (χ1) is 15.4. The predicted molar refractivity (Wildman–Crippen MR) is 124 cm³/mol. The lowest BCUT2D eigenvalue weighted by Gasteiger charge is -2.26. The second-order valence-electron chi connectivity index (χ2n) is 7.50. The number of rotatable bonds is 8. The summed E-state index contributed by atoms with van der Waals surface area (Å²) in [6, 6.07) is 7.34. The number of hydrogen-bond acceptors (Lipinski definition) is 8. The molecular formula is C21H24ClN5O4S. The lowest BCUT2D eigenvalue weighted by Crippen LogP contribution is -2.42. The van der Waals surface area contributed by atoms with Gasteiger partial charge in [-0.25, -0.2) is 9.78 Å². The van der Waals surface area contributed by atoms with E-state index < -0.39 is 17.6 Å². The number of nitrogens with zero attached hydrogens (tertiary/aromatic N) is 4. The fourth-order valence-electron chi connectivity index (χ4n) is 3.61. The van der Waals surface area contributed by atoms with Crippen LogP contribution in [0.2, 0.25) is 5.02 Å². The average Bonchev–Trinajstić information content (AvgIpc) is 3.36. The van der Waals surface area contributed by atoms with Gasteiger partial charge in [-0.2, -0.15) is 0 Å². The van der Waals surface area contributed by atoms with Crippen LogP contribution in [0.1, 0.15) is 21.9 Å². The molecule has 0 aliphatic carbocycles. The highest BCUT2D eigenvalue weighted by atomic mass is 35.5. The van der Waals surface area contributed by atoms with Crippen molar-refractivity contribution >= 4 is 34.4 Å². The number of benzene rings is 1. The van der Waals surface area contributed by atoms with Gasteiger partial charge < -0.3 is 20.1 Å². The third-order valence-electron chi connectivity index (χ3n) is 5.20. The van der Waals surface area contributed by atoms with E-state index in [9.17, 15) is 14.7 Å². The number of nitrogens with one attached hydrogen (secondary N) is 1. The van der Waals surface area contributed by atoms with E-state index in [2.05, 4.69) is 10.3 Å². The number of fused-ring (bicyclic) bond motifs is 1. The summed E-state index contributed by atoms with van der Waals surface area (Å²) in [6.45, 7) is 2.62. The summed E-state index contributed by atoms with van der Waals surface area (Å²) in [7, 11) is 1.61. The van der Waals surface area contributed by atoms with Crippen LogP contribution in [0, 0.1) is 6.92 Å².